The van der Waals surface area contributed by atoms with Crippen molar-refractivity contribution in [2.24, 2.45) is 7.05 Å². The number of piperidine rings is 1. The smallest absolute Gasteiger partial charge is 0.410 e. The SMILES string of the molecule is CC(C)Oc1cc(N2CCC(N3CCN(C(=O)OC(C)(C)C)CC3)CC2)c(-c2cnn(C)c2)cc1N. The summed E-state index contributed by atoms with van der Waals surface area (Å²) in [5, 5.41) is 4.37. The van der Waals surface area contributed by atoms with Gasteiger partial charge in [-0.2, -0.15) is 5.10 Å². The summed E-state index contributed by atoms with van der Waals surface area (Å²) in [6.45, 7) is 14.9. The van der Waals surface area contributed by atoms with Crippen LogP contribution in [0.3, 0.4) is 0 Å². The van der Waals surface area contributed by atoms with E-state index in [1.54, 1.807) is 0 Å². The van der Waals surface area contributed by atoms with E-state index in [-0.39, 0.29) is 12.2 Å². The van der Waals surface area contributed by atoms with Gasteiger partial charge in [0.25, 0.3) is 0 Å². The summed E-state index contributed by atoms with van der Waals surface area (Å²) in [5.41, 5.74) is 9.84. The molecule has 0 atom stereocenters. The van der Waals surface area contributed by atoms with Crippen molar-refractivity contribution in [3.8, 4) is 16.9 Å². The third-order valence-corrected chi connectivity index (χ3v) is 6.79. The number of anilines is 2. The monoisotopic (exact) mass is 498 g/mol. The maximum absolute atomic E-state index is 12.4. The highest BCUT2D eigenvalue weighted by molar-refractivity contribution is 5.83. The number of nitrogens with two attached hydrogens (primary N) is 1. The van der Waals surface area contributed by atoms with Crippen LogP contribution in [-0.4, -0.2) is 82.7 Å². The van der Waals surface area contributed by atoms with Gasteiger partial charge < -0.3 is 25.0 Å². The van der Waals surface area contributed by atoms with Crippen LogP contribution in [0.25, 0.3) is 11.1 Å². The first kappa shape index (κ1) is 26.1. The molecule has 2 aromatic rings. The largest absolute Gasteiger partial charge is 0.489 e. The second-order valence-corrected chi connectivity index (χ2v) is 11.2. The molecule has 1 aromatic heterocycles. The Hall–Kier alpha value is -2.94. The number of aryl methyl sites for hydroxylation is 1. The maximum atomic E-state index is 12.4. The minimum Gasteiger partial charge on any atom is -0.489 e. The Bertz CT molecular complexity index is 1040. The van der Waals surface area contributed by atoms with Crippen LogP contribution >= 0.6 is 0 Å². The van der Waals surface area contributed by atoms with E-state index >= 15 is 0 Å². The molecule has 0 bridgehead atoms. The molecule has 36 heavy (non-hydrogen) atoms. The number of benzene rings is 1. The van der Waals surface area contributed by atoms with Crippen molar-refractivity contribution in [1.29, 1.82) is 0 Å². The molecule has 3 heterocycles. The Balaban J connectivity index is 1.42. The summed E-state index contributed by atoms with van der Waals surface area (Å²) in [6, 6.07) is 4.63. The molecule has 0 radical (unpaired) electrons. The summed E-state index contributed by atoms with van der Waals surface area (Å²) in [4.78, 5) is 19.2. The second kappa shape index (κ2) is 10.6. The van der Waals surface area contributed by atoms with Gasteiger partial charge in [0.1, 0.15) is 11.4 Å². The summed E-state index contributed by atoms with van der Waals surface area (Å²) in [6.07, 6.45) is 5.90. The molecular weight excluding hydrogens is 456 g/mol. The third kappa shape index (κ3) is 6.24. The average Bonchev–Trinajstić information content (AvgIpc) is 3.25. The highest BCUT2D eigenvalue weighted by Crippen LogP contribution is 2.39. The van der Waals surface area contributed by atoms with Gasteiger partial charge in [-0.05, 0) is 53.5 Å². The lowest BCUT2D eigenvalue weighted by Crippen LogP contribution is -2.55. The van der Waals surface area contributed by atoms with Crippen LogP contribution in [0.1, 0.15) is 47.5 Å². The number of nitrogen functional groups attached to an aromatic ring is 1. The Labute approximate surface area is 215 Å². The average molecular weight is 499 g/mol. The van der Waals surface area contributed by atoms with Crippen molar-refractivity contribution in [3.05, 3.63) is 24.5 Å². The van der Waals surface area contributed by atoms with Gasteiger partial charge in [0, 0.05) is 81.4 Å². The molecule has 9 nitrogen and oxygen atoms in total. The Kier molecular flexibility index (Phi) is 7.68. The van der Waals surface area contributed by atoms with Crippen molar-refractivity contribution in [2.45, 2.75) is 65.2 Å². The van der Waals surface area contributed by atoms with Gasteiger partial charge in [0.15, 0.2) is 0 Å². The number of hydrogen-bond donors (Lipinski definition) is 1. The molecule has 9 heteroatoms. The van der Waals surface area contributed by atoms with Crippen molar-refractivity contribution in [2.75, 3.05) is 49.9 Å². The van der Waals surface area contributed by atoms with Crippen LogP contribution in [0.15, 0.2) is 24.5 Å². The van der Waals surface area contributed by atoms with Crippen molar-refractivity contribution in [1.82, 2.24) is 19.6 Å². The lowest BCUT2D eigenvalue weighted by molar-refractivity contribution is 0.00902. The van der Waals surface area contributed by atoms with Crippen LogP contribution in [-0.2, 0) is 11.8 Å². The first-order valence-electron chi connectivity index (χ1n) is 13.1. The molecule has 0 aliphatic carbocycles. The molecule has 2 fully saturated rings. The third-order valence-electron chi connectivity index (χ3n) is 6.79. The number of rotatable bonds is 5. The lowest BCUT2D eigenvalue weighted by Gasteiger charge is -2.43. The highest BCUT2D eigenvalue weighted by Gasteiger charge is 2.31. The fraction of sp³-hybridized carbons (Fsp3) is 0.630. The molecule has 2 N–H and O–H groups in total. The number of hydrogen-bond acceptors (Lipinski definition) is 7. The number of aromatic nitrogens is 2. The molecule has 2 saturated heterocycles. The number of carbonyl (C=O) groups excluding carboxylic acids is 1. The molecule has 198 valence electrons. The predicted octanol–water partition coefficient (Wildman–Crippen LogP) is 3.98. The summed E-state index contributed by atoms with van der Waals surface area (Å²) < 4.78 is 13.4. The van der Waals surface area contributed by atoms with E-state index in [9.17, 15) is 4.79 Å². The van der Waals surface area contributed by atoms with Crippen molar-refractivity contribution >= 4 is 17.5 Å². The summed E-state index contributed by atoms with van der Waals surface area (Å²) in [5.74, 6) is 0.730. The van der Waals surface area contributed by atoms with Gasteiger partial charge in [0.2, 0.25) is 0 Å². The minimum absolute atomic E-state index is 0.0504. The summed E-state index contributed by atoms with van der Waals surface area (Å²) in [7, 11) is 1.93. The van der Waals surface area contributed by atoms with Gasteiger partial charge in [-0.25, -0.2) is 4.79 Å². The molecule has 0 saturated carbocycles. The van der Waals surface area contributed by atoms with Crippen LogP contribution in [0.2, 0.25) is 0 Å². The van der Waals surface area contributed by atoms with Gasteiger partial charge >= 0.3 is 6.09 Å². The van der Waals surface area contributed by atoms with E-state index in [1.165, 1.54) is 0 Å². The van der Waals surface area contributed by atoms with Gasteiger partial charge in [-0.15, -0.1) is 0 Å². The zero-order valence-electron chi connectivity index (χ0n) is 22.7. The summed E-state index contributed by atoms with van der Waals surface area (Å²) >= 11 is 0. The van der Waals surface area contributed by atoms with Gasteiger partial charge in [0.05, 0.1) is 18.0 Å². The van der Waals surface area contributed by atoms with E-state index in [1.807, 2.05) is 69.7 Å². The van der Waals surface area contributed by atoms with Gasteiger partial charge in [-0.1, -0.05) is 0 Å². The van der Waals surface area contributed by atoms with E-state index < -0.39 is 5.60 Å². The van der Waals surface area contributed by atoms with Crippen LogP contribution in [0.5, 0.6) is 5.75 Å². The minimum atomic E-state index is -0.460. The standard InChI is InChI=1S/C27H42N6O3/c1-19(2)35-25-16-24(22(15-23(25)28)20-17-29-30(6)18-20)32-9-7-21(8-10-32)31-11-13-33(14-12-31)26(34)36-27(3,4)5/h15-19,21H,7-14,28H2,1-6H3. The number of carbonyl (C=O) groups is 1. The van der Waals surface area contributed by atoms with Gasteiger partial charge in [-0.3, -0.25) is 9.58 Å². The van der Waals surface area contributed by atoms with E-state index in [2.05, 4.69) is 21.0 Å². The molecular formula is C27H42N6O3. The molecule has 0 spiro atoms. The first-order chi connectivity index (χ1) is 17.0. The molecule has 2 aliphatic heterocycles. The zero-order chi connectivity index (χ0) is 26.0. The molecule has 1 amide bonds. The Morgan fingerprint density at radius 2 is 1.75 bits per heavy atom. The molecule has 1 aromatic carbocycles. The van der Waals surface area contributed by atoms with Crippen molar-refractivity contribution < 1.29 is 14.3 Å². The lowest BCUT2D eigenvalue weighted by atomic mass is 9.98. The maximum Gasteiger partial charge on any atom is 0.410 e. The Morgan fingerprint density at radius 1 is 1.08 bits per heavy atom. The zero-order valence-corrected chi connectivity index (χ0v) is 22.7. The number of ether oxygens (including phenoxy) is 2. The molecule has 0 unspecified atom stereocenters. The first-order valence-corrected chi connectivity index (χ1v) is 13.1. The number of nitrogens with zero attached hydrogens (tertiary/aromatic N) is 5. The topological polar surface area (TPSA) is 89.1 Å². The van der Waals surface area contributed by atoms with E-state index in [0.29, 0.717) is 24.8 Å². The number of piperazine rings is 1. The molecule has 4 rings (SSSR count). The van der Waals surface area contributed by atoms with E-state index in [4.69, 9.17) is 15.2 Å². The second-order valence-electron chi connectivity index (χ2n) is 11.2. The predicted molar refractivity (Wildman–Crippen MR) is 143 cm³/mol. The van der Waals surface area contributed by atoms with Crippen molar-refractivity contribution in [3.63, 3.8) is 0 Å². The number of amides is 1. The highest BCUT2D eigenvalue weighted by atomic mass is 16.6. The fourth-order valence-electron chi connectivity index (χ4n) is 5.06. The Morgan fingerprint density at radius 3 is 2.31 bits per heavy atom. The molecule has 2 aliphatic rings. The van der Waals surface area contributed by atoms with Crippen LogP contribution in [0.4, 0.5) is 16.2 Å². The van der Waals surface area contributed by atoms with Crippen LogP contribution < -0.4 is 15.4 Å². The van der Waals surface area contributed by atoms with E-state index in [0.717, 1.165) is 61.6 Å². The quantitative estimate of drug-likeness (QED) is 0.624. The normalized spacial score (nSPS) is 18.1. The van der Waals surface area contributed by atoms with Crippen LogP contribution in [0, 0.1) is 0 Å². The fourth-order valence-corrected chi connectivity index (χ4v) is 5.06.